The number of ether oxygens (including phenoxy) is 1. The third-order valence-electron chi connectivity index (χ3n) is 6.67. The quantitative estimate of drug-likeness (QED) is 0.367. The molecule has 0 bridgehead atoms. The molecule has 1 saturated heterocycles. The zero-order valence-electron chi connectivity index (χ0n) is 19.8. The van der Waals surface area contributed by atoms with Crippen molar-refractivity contribution in [1.29, 1.82) is 0 Å². The molecule has 0 aliphatic carbocycles. The van der Waals surface area contributed by atoms with Crippen molar-refractivity contribution in [1.82, 2.24) is 14.7 Å². The summed E-state index contributed by atoms with van der Waals surface area (Å²) in [6.45, 7) is 7.00. The Bertz CT molecular complexity index is 1140. The lowest BCUT2D eigenvalue weighted by atomic mass is 9.96. The lowest BCUT2D eigenvalue weighted by Crippen LogP contribution is -2.39. The summed E-state index contributed by atoms with van der Waals surface area (Å²) >= 11 is 0. The number of ketones is 1. The van der Waals surface area contributed by atoms with Crippen LogP contribution in [0.25, 0.3) is 10.9 Å². The Morgan fingerprint density at radius 3 is 2.64 bits per heavy atom. The van der Waals surface area contributed by atoms with Crippen molar-refractivity contribution in [3.63, 3.8) is 0 Å². The van der Waals surface area contributed by atoms with Crippen LogP contribution in [0.3, 0.4) is 0 Å². The van der Waals surface area contributed by atoms with Gasteiger partial charge in [0.15, 0.2) is 5.78 Å². The first-order valence-corrected chi connectivity index (χ1v) is 11.8. The number of Topliss-reactive ketones (excluding diaryl/α,β-unsaturated/α-hetero) is 1. The predicted octanol–water partition coefficient (Wildman–Crippen LogP) is 4.81. The molecule has 6 nitrogen and oxygen atoms in total. The van der Waals surface area contributed by atoms with Gasteiger partial charge in [-0.2, -0.15) is 5.10 Å². The first-order chi connectivity index (χ1) is 16.0. The SMILES string of the molecule is COCCCC(=O)c1ccc2nn(CC3CCN(C(=O)c4cccc(C)c4)CC3)cc2c1C. The summed E-state index contributed by atoms with van der Waals surface area (Å²) in [5.41, 5.74) is 4.58. The van der Waals surface area contributed by atoms with E-state index in [1.165, 1.54) is 0 Å². The number of fused-ring (bicyclic) bond motifs is 1. The van der Waals surface area contributed by atoms with Crippen molar-refractivity contribution >= 4 is 22.6 Å². The number of benzene rings is 2. The fourth-order valence-electron chi connectivity index (χ4n) is 4.73. The van der Waals surface area contributed by atoms with Crippen LogP contribution in [0.1, 0.15) is 57.5 Å². The molecule has 6 heteroatoms. The van der Waals surface area contributed by atoms with Gasteiger partial charge in [0.05, 0.1) is 5.52 Å². The molecule has 0 saturated carbocycles. The zero-order valence-corrected chi connectivity index (χ0v) is 19.8. The Morgan fingerprint density at radius 1 is 1.12 bits per heavy atom. The maximum absolute atomic E-state index is 12.8. The van der Waals surface area contributed by atoms with Crippen LogP contribution in [-0.2, 0) is 11.3 Å². The molecule has 33 heavy (non-hydrogen) atoms. The lowest BCUT2D eigenvalue weighted by Gasteiger charge is -2.32. The van der Waals surface area contributed by atoms with E-state index in [0.717, 1.165) is 72.1 Å². The fourth-order valence-corrected chi connectivity index (χ4v) is 4.73. The van der Waals surface area contributed by atoms with Crippen LogP contribution >= 0.6 is 0 Å². The molecule has 174 valence electrons. The highest BCUT2D eigenvalue weighted by Gasteiger charge is 2.24. The molecule has 3 aromatic rings. The second-order valence-corrected chi connectivity index (χ2v) is 9.15. The summed E-state index contributed by atoms with van der Waals surface area (Å²) in [7, 11) is 1.65. The number of likely N-dealkylation sites (tertiary alicyclic amines) is 1. The number of hydrogen-bond donors (Lipinski definition) is 0. The van der Waals surface area contributed by atoms with Crippen molar-refractivity contribution in [2.24, 2.45) is 5.92 Å². The topological polar surface area (TPSA) is 64.4 Å². The van der Waals surface area contributed by atoms with Crippen molar-refractivity contribution in [2.75, 3.05) is 26.8 Å². The van der Waals surface area contributed by atoms with Gasteiger partial charge in [-0.1, -0.05) is 17.7 Å². The molecule has 2 heterocycles. The van der Waals surface area contributed by atoms with Gasteiger partial charge >= 0.3 is 0 Å². The third-order valence-corrected chi connectivity index (χ3v) is 6.67. The van der Waals surface area contributed by atoms with Gasteiger partial charge in [0.1, 0.15) is 0 Å². The van der Waals surface area contributed by atoms with Crippen molar-refractivity contribution in [3.8, 4) is 0 Å². The molecule has 4 rings (SSSR count). The molecule has 1 aliphatic heterocycles. The number of nitrogens with zero attached hydrogens (tertiary/aromatic N) is 3. The number of hydrogen-bond acceptors (Lipinski definition) is 4. The number of aromatic nitrogens is 2. The van der Waals surface area contributed by atoms with Gasteiger partial charge in [-0.3, -0.25) is 14.3 Å². The summed E-state index contributed by atoms with van der Waals surface area (Å²) in [6.07, 6.45) is 5.23. The number of methoxy groups -OCH3 is 1. The monoisotopic (exact) mass is 447 g/mol. The summed E-state index contributed by atoms with van der Waals surface area (Å²) in [4.78, 5) is 27.4. The van der Waals surface area contributed by atoms with Gasteiger partial charge in [-0.25, -0.2) is 0 Å². The molecule has 0 N–H and O–H groups in total. The van der Waals surface area contributed by atoms with Gasteiger partial charge in [0.25, 0.3) is 5.91 Å². The van der Waals surface area contributed by atoms with E-state index in [1.807, 2.05) is 59.8 Å². The summed E-state index contributed by atoms with van der Waals surface area (Å²) < 4.78 is 7.08. The molecule has 0 radical (unpaired) electrons. The molecular weight excluding hydrogens is 414 g/mol. The van der Waals surface area contributed by atoms with Gasteiger partial charge in [0.2, 0.25) is 0 Å². The van der Waals surface area contributed by atoms with E-state index in [4.69, 9.17) is 9.84 Å². The Kier molecular flexibility index (Phi) is 7.23. The van der Waals surface area contributed by atoms with Crippen LogP contribution in [0.15, 0.2) is 42.6 Å². The highest BCUT2D eigenvalue weighted by molar-refractivity contribution is 6.01. The van der Waals surface area contributed by atoms with Gasteiger partial charge in [-0.15, -0.1) is 0 Å². The molecule has 0 spiro atoms. The van der Waals surface area contributed by atoms with E-state index in [0.29, 0.717) is 18.9 Å². The minimum Gasteiger partial charge on any atom is -0.385 e. The first-order valence-electron chi connectivity index (χ1n) is 11.8. The van der Waals surface area contributed by atoms with Crippen molar-refractivity contribution < 1.29 is 14.3 Å². The Balaban J connectivity index is 1.38. The van der Waals surface area contributed by atoms with Crippen LogP contribution in [0.2, 0.25) is 0 Å². The summed E-state index contributed by atoms with van der Waals surface area (Å²) in [5.74, 6) is 0.765. The van der Waals surface area contributed by atoms with E-state index in [1.54, 1.807) is 7.11 Å². The fraction of sp³-hybridized carbons (Fsp3) is 0.444. The smallest absolute Gasteiger partial charge is 0.253 e. The number of carbonyl (C=O) groups is 2. The largest absolute Gasteiger partial charge is 0.385 e. The highest BCUT2D eigenvalue weighted by Crippen LogP contribution is 2.25. The zero-order chi connectivity index (χ0) is 23.4. The molecule has 0 atom stereocenters. The van der Waals surface area contributed by atoms with E-state index in [2.05, 4.69) is 6.20 Å². The first kappa shape index (κ1) is 23.2. The van der Waals surface area contributed by atoms with Crippen LogP contribution in [0.4, 0.5) is 0 Å². The minimum absolute atomic E-state index is 0.125. The maximum atomic E-state index is 12.8. The minimum atomic E-state index is 0.125. The normalized spacial score (nSPS) is 14.7. The van der Waals surface area contributed by atoms with Crippen LogP contribution < -0.4 is 0 Å². The summed E-state index contributed by atoms with van der Waals surface area (Å²) in [6, 6.07) is 11.7. The second-order valence-electron chi connectivity index (χ2n) is 9.15. The van der Waals surface area contributed by atoms with E-state index < -0.39 is 0 Å². The van der Waals surface area contributed by atoms with Gasteiger partial charge < -0.3 is 9.64 Å². The van der Waals surface area contributed by atoms with E-state index in [9.17, 15) is 9.59 Å². The standard InChI is InChI=1S/C27H33N3O3/c1-19-6-4-7-22(16-19)27(32)29-13-11-21(12-14-29)17-30-18-24-20(2)23(9-10-25(24)28-30)26(31)8-5-15-33-3/h4,6-7,9-10,16,18,21H,5,8,11-15,17H2,1-3H3. The van der Waals surface area contributed by atoms with Crippen LogP contribution in [-0.4, -0.2) is 53.2 Å². The van der Waals surface area contributed by atoms with E-state index >= 15 is 0 Å². The third kappa shape index (κ3) is 5.33. The Hall–Kier alpha value is -2.99. The molecule has 1 aromatic heterocycles. The van der Waals surface area contributed by atoms with E-state index in [-0.39, 0.29) is 11.7 Å². The molecule has 2 aromatic carbocycles. The van der Waals surface area contributed by atoms with Gasteiger partial charge in [-0.05, 0) is 68.9 Å². The number of rotatable bonds is 8. The average molecular weight is 448 g/mol. The number of carbonyl (C=O) groups excluding carboxylic acids is 2. The number of amides is 1. The number of aryl methyl sites for hydroxylation is 2. The molecule has 1 fully saturated rings. The van der Waals surface area contributed by atoms with Crippen LogP contribution in [0, 0.1) is 19.8 Å². The van der Waals surface area contributed by atoms with Crippen molar-refractivity contribution in [2.45, 2.75) is 46.1 Å². The van der Waals surface area contributed by atoms with Crippen molar-refractivity contribution in [3.05, 3.63) is 64.8 Å². The molecular formula is C27H33N3O3. The number of piperidine rings is 1. The molecule has 0 unspecified atom stereocenters. The Morgan fingerprint density at radius 2 is 1.91 bits per heavy atom. The maximum Gasteiger partial charge on any atom is 0.253 e. The van der Waals surface area contributed by atoms with Gasteiger partial charge in [0, 0.05) is 62.5 Å². The second kappa shape index (κ2) is 10.3. The molecule has 1 aliphatic rings. The molecule has 1 amide bonds. The Labute approximate surface area is 195 Å². The lowest BCUT2D eigenvalue weighted by molar-refractivity contribution is 0.0681. The highest BCUT2D eigenvalue weighted by atomic mass is 16.5. The van der Waals surface area contributed by atoms with Crippen LogP contribution in [0.5, 0.6) is 0 Å². The summed E-state index contributed by atoms with van der Waals surface area (Å²) in [5, 5.41) is 5.80. The average Bonchev–Trinajstić information content (AvgIpc) is 3.23. The predicted molar refractivity (Wildman–Crippen MR) is 130 cm³/mol.